The van der Waals surface area contributed by atoms with Crippen molar-refractivity contribution in [3.63, 3.8) is 0 Å². The SMILES string of the molecule is O=S(=O)(NCC#Cc1cccc(Cl)c1)c1ccc2ccccc2c1. The molecule has 3 nitrogen and oxygen atoms in total. The van der Waals surface area contributed by atoms with Gasteiger partial charge in [-0.15, -0.1) is 0 Å². The molecule has 120 valence electrons. The zero-order valence-corrected chi connectivity index (χ0v) is 14.2. The van der Waals surface area contributed by atoms with Crippen LogP contribution >= 0.6 is 11.6 Å². The summed E-state index contributed by atoms with van der Waals surface area (Å²) in [5.41, 5.74) is 0.743. The highest BCUT2D eigenvalue weighted by Crippen LogP contribution is 2.18. The van der Waals surface area contributed by atoms with Crippen LogP contribution in [0.15, 0.2) is 71.6 Å². The Hall–Kier alpha value is -2.32. The molecule has 0 spiro atoms. The highest BCUT2D eigenvalue weighted by Gasteiger charge is 2.12. The third-order valence-electron chi connectivity index (χ3n) is 3.44. The fraction of sp³-hybridized carbons (Fsp3) is 0.0526. The monoisotopic (exact) mass is 355 g/mol. The van der Waals surface area contributed by atoms with Gasteiger partial charge in [0.15, 0.2) is 0 Å². The third kappa shape index (κ3) is 3.95. The summed E-state index contributed by atoms with van der Waals surface area (Å²) < 4.78 is 27.2. The Balaban J connectivity index is 1.74. The van der Waals surface area contributed by atoms with Crippen LogP contribution in [-0.2, 0) is 10.0 Å². The molecule has 0 saturated heterocycles. The quantitative estimate of drug-likeness (QED) is 0.726. The molecule has 0 aliphatic carbocycles. The topological polar surface area (TPSA) is 46.2 Å². The van der Waals surface area contributed by atoms with Crippen molar-refractivity contribution in [3.8, 4) is 11.8 Å². The van der Waals surface area contributed by atoms with Crippen molar-refractivity contribution in [2.24, 2.45) is 0 Å². The van der Waals surface area contributed by atoms with Gasteiger partial charge in [-0.3, -0.25) is 0 Å². The van der Waals surface area contributed by atoms with Gasteiger partial charge in [0, 0.05) is 10.6 Å². The lowest BCUT2D eigenvalue weighted by molar-refractivity contribution is 0.586. The molecule has 0 saturated carbocycles. The van der Waals surface area contributed by atoms with Crippen molar-refractivity contribution < 1.29 is 8.42 Å². The Kier molecular flexibility index (Phi) is 4.86. The molecule has 0 bridgehead atoms. The number of fused-ring (bicyclic) bond motifs is 1. The van der Waals surface area contributed by atoms with Gasteiger partial charge in [0.2, 0.25) is 10.0 Å². The number of halogens is 1. The van der Waals surface area contributed by atoms with E-state index in [4.69, 9.17) is 11.6 Å². The first kappa shape index (κ1) is 16.5. The molecule has 0 atom stereocenters. The highest BCUT2D eigenvalue weighted by molar-refractivity contribution is 7.89. The maximum atomic E-state index is 12.3. The second-order valence-corrected chi connectivity index (χ2v) is 7.35. The molecular formula is C19H14ClNO2S. The Bertz CT molecular complexity index is 1050. The maximum Gasteiger partial charge on any atom is 0.241 e. The summed E-state index contributed by atoms with van der Waals surface area (Å²) in [6.45, 7) is 0.0294. The van der Waals surface area contributed by atoms with Crippen molar-refractivity contribution in [3.05, 3.63) is 77.3 Å². The molecule has 3 rings (SSSR count). The number of sulfonamides is 1. The molecular weight excluding hydrogens is 342 g/mol. The van der Waals surface area contributed by atoms with Gasteiger partial charge >= 0.3 is 0 Å². The first-order valence-electron chi connectivity index (χ1n) is 7.27. The molecule has 0 heterocycles. The van der Waals surface area contributed by atoms with Crippen molar-refractivity contribution in [2.75, 3.05) is 6.54 Å². The van der Waals surface area contributed by atoms with Crippen LogP contribution in [-0.4, -0.2) is 15.0 Å². The minimum atomic E-state index is -3.59. The minimum Gasteiger partial charge on any atom is -0.207 e. The van der Waals surface area contributed by atoms with E-state index in [1.54, 1.807) is 36.4 Å². The van der Waals surface area contributed by atoms with Crippen LogP contribution in [0.5, 0.6) is 0 Å². The Morgan fingerprint density at radius 2 is 1.71 bits per heavy atom. The molecule has 0 radical (unpaired) electrons. The van der Waals surface area contributed by atoms with E-state index in [9.17, 15) is 8.42 Å². The van der Waals surface area contributed by atoms with Gasteiger partial charge < -0.3 is 0 Å². The van der Waals surface area contributed by atoms with E-state index in [1.807, 2.05) is 30.3 Å². The maximum absolute atomic E-state index is 12.3. The lowest BCUT2D eigenvalue weighted by atomic mass is 10.1. The zero-order chi connectivity index (χ0) is 17.0. The summed E-state index contributed by atoms with van der Waals surface area (Å²) in [6.07, 6.45) is 0. The summed E-state index contributed by atoms with van der Waals surface area (Å²) in [6, 6.07) is 19.8. The lowest BCUT2D eigenvalue weighted by Gasteiger charge is -2.05. The Morgan fingerprint density at radius 1 is 0.917 bits per heavy atom. The molecule has 0 aromatic heterocycles. The van der Waals surface area contributed by atoms with Crippen molar-refractivity contribution in [2.45, 2.75) is 4.90 Å². The number of hydrogen-bond acceptors (Lipinski definition) is 2. The summed E-state index contributed by atoms with van der Waals surface area (Å²) in [7, 11) is -3.59. The second-order valence-electron chi connectivity index (χ2n) is 5.15. The molecule has 3 aromatic rings. The first-order chi connectivity index (χ1) is 11.5. The summed E-state index contributed by atoms with van der Waals surface area (Å²) in [5.74, 6) is 5.67. The molecule has 0 aliphatic heterocycles. The van der Waals surface area contributed by atoms with Crippen LogP contribution in [0.1, 0.15) is 5.56 Å². The van der Waals surface area contributed by atoms with Crippen LogP contribution in [0.2, 0.25) is 5.02 Å². The fourth-order valence-corrected chi connectivity index (χ4v) is 3.41. The predicted molar refractivity (Wildman–Crippen MR) is 97.5 cm³/mol. The van der Waals surface area contributed by atoms with E-state index >= 15 is 0 Å². The van der Waals surface area contributed by atoms with Crippen LogP contribution in [0.3, 0.4) is 0 Å². The van der Waals surface area contributed by atoms with E-state index < -0.39 is 10.0 Å². The van der Waals surface area contributed by atoms with Gasteiger partial charge in [-0.1, -0.05) is 59.8 Å². The van der Waals surface area contributed by atoms with Gasteiger partial charge in [-0.05, 0) is 41.1 Å². The average molecular weight is 356 g/mol. The highest BCUT2D eigenvalue weighted by atomic mass is 35.5. The van der Waals surface area contributed by atoms with E-state index in [2.05, 4.69) is 16.6 Å². The predicted octanol–water partition coefficient (Wildman–Crippen LogP) is 3.82. The largest absolute Gasteiger partial charge is 0.241 e. The molecule has 1 N–H and O–H groups in total. The minimum absolute atomic E-state index is 0.0294. The van der Waals surface area contributed by atoms with Crippen molar-refractivity contribution in [1.29, 1.82) is 0 Å². The summed E-state index contributed by atoms with van der Waals surface area (Å²) >= 11 is 5.88. The van der Waals surface area contributed by atoms with Gasteiger partial charge in [-0.25, -0.2) is 8.42 Å². The Morgan fingerprint density at radius 3 is 2.50 bits per heavy atom. The van der Waals surface area contributed by atoms with E-state index in [0.717, 1.165) is 16.3 Å². The van der Waals surface area contributed by atoms with E-state index in [1.165, 1.54) is 0 Å². The molecule has 5 heteroatoms. The van der Waals surface area contributed by atoms with Gasteiger partial charge in [-0.2, -0.15) is 4.72 Å². The summed E-state index contributed by atoms with van der Waals surface area (Å²) in [4.78, 5) is 0.228. The third-order valence-corrected chi connectivity index (χ3v) is 5.07. The van der Waals surface area contributed by atoms with Gasteiger partial charge in [0.05, 0.1) is 11.4 Å². The molecule has 0 aliphatic rings. The number of rotatable bonds is 3. The van der Waals surface area contributed by atoms with Gasteiger partial charge in [0.1, 0.15) is 0 Å². The summed E-state index contributed by atoms with van der Waals surface area (Å²) in [5, 5.41) is 2.47. The molecule has 0 fully saturated rings. The van der Waals surface area contributed by atoms with Gasteiger partial charge in [0.25, 0.3) is 0 Å². The molecule has 3 aromatic carbocycles. The van der Waals surface area contributed by atoms with E-state index in [0.29, 0.717) is 5.02 Å². The number of nitrogens with one attached hydrogen (secondary N) is 1. The van der Waals surface area contributed by atoms with Crippen LogP contribution in [0, 0.1) is 11.8 Å². The van der Waals surface area contributed by atoms with Crippen LogP contribution in [0.4, 0.5) is 0 Å². The first-order valence-corrected chi connectivity index (χ1v) is 9.14. The molecule has 24 heavy (non-hydrogen) atoms. The van der Waals surface area contributed by atoms with Crippen molar-refractivity contribution in [1.82, 2.24) is 4.72 Å². The smallest absolute Gasteiger partial charge is 0.207 e. The number of hydrogen-bond donors (Lipinski definition) is 1. The fourth-order valence-electron chi connectivity index (χ4n) is 2.26. The van der Waals surface area contributed by atoms with Crippen molar-refractivity contribution >= 4 is 32.4 Å². The average Bonchev–Trinajstić information content (AvgIpc) is 2.58. The van der Waals surface area contributed by atoms with E-state index in [-0.39, 0.29) is 11.4 Å². The molecule has 0 amide bonds. The normalized spacial score (nSPS) is 11.0. The molecule has 0 unspecified atom stereocenters. The lowest BCUT2D eigenvalue weighted by Crippen LogP contribution is -2.23. The van der Waals surface area contributed by atoms with Crippen LogP contribution < -0.4 is 4.72 Å². The second kappa shape index (κ2) is 7.06. The van der Waals surface area contributed by atoms with Crippen LogP contribution in [0.25, 0.3) is 10.8 Å². The Labute approximate surface area is 146 Å². The number of benzene rings is 3. The zero-order valence-electron chi connectivity index (χ0n) is 12.7. The standard InChI is InChI=1S/C19H14ClNO2S/c20-18-9-3-5-15(13-18)6-4-12-21-24(22,23)19-11-10-16-7-1-2-8-17(16)14-19/h1-3,5,7-11,13-14,21H,12H2.